The molecule has 0 aliphatic carbocycles. The van der Waals surface area contributed by atoms with Crippen molar-refractivity contribution in [3.8, 4) is 0 Å². The van der Waals surface area contributed by atoms with E-state index in [2.05, 4.69) is 14.7 Å². The molecule has 0 bridgehead atoms. The molecule has 2 aromatic rings. The molecule has 0 radical (unpaired) electrons. The van der Waals surface area contributed by atoms with Crippen LogP contribution < -0.4 is 9.86 Å². The van der Waals surface area contributed by atoms with Gasteiger partial charge in [-0.25, -0.2) is 18.5 Å². The van der Waals surface area contributed by atoms with E-state index in [9.17, 15) is 16.8 Å². The Hall–Kier alpha value is -1.91. The number of benzene rings is 1. The van der Waals surface area contributed by atoms with Crippen LogP contribution in [-0.2, 0) is 26.5 Å². The number of rotatable bonds is 5. The number of nitrogens with two attached hydrogens (primary N) is 1. The number of sulfonamides is 2. The SMILES string of the molecule is CCc1ncc(S(=O)(=O)Nc2cccc(S(N)(=O)=O)c2)[nH]1. The lowest BCUT2D eigenvalue weighted by molar-refractivity contribution is 0.595. The van der Waals surface area contributed by atoms with E-state index in [0.717, 1.165) is 6.07 Å². The van der Waals surface area contributed by atoms with Crippen LogP contribution in [0.2, 0.25) is 0 Å². The van der Waals surface area contributed by atoms with Crippen molar-refractivity contribution >= 4 is 25.7 Å². The van der Waals surface area contributed by atoms with Crippen molar-refractivity contribution in [3.63, 3.8) is 0 Å². The maximum Gasteiger partial charge on any atom is 0.278 e. The second-order valence-electron chi connectivity index (χ2n) is 4.23. The standard InChI is InChI=1S/C11H14N4O4S2/c1-2-10-13-7-11(14-10)21(18,19)15-8-4-3-5-9(6-8)20(12,16)17/h3-7,15H,2H2,1H3,(H,13,14)(H2,12,16,17). The van der Waals surface area contributed by atoms with Gasteiger partial charge < -0.3 is 4.98 Å². The molecule has 1 heterocycles. The van der Waals surface area contributed by atoms with Gasteiger partial charge in [-0.2, -0.15) is 8.42 Å². The smallest absolute Gasteiger partial charge is 0.278 e. The van der Waals surface area contributed by atoms with Gasteiger partial charge in [0, 0.05) is 6.42 Å². The summed E-state index contributed by atoms with van der Waals surface area (Å²) in [5.41, 5.74) is 0.0918. The number of hydrogen-bond donors (Lipinski definition) is 3. The fraction of sp³-hybridized carbons (Fsp3) is 0.182. The molecule has 114 valence electrons. The van der Waals surface area contributed by atoms with E-state index in [1.54, 1.807) is 0 Å². The van der Waals surface area contributed by atoms with Crippen molar-refractivity contribution in [1.82, 2.24) is 9.97 Å². The largest absolute Gasteiger partial charge is 0.332 e. The Balaban J connectivity index is 2.33. The summed E-state index contributed by atoms with van der Waals surface area (Å²) in [7, 11) is -7.77. The molecule has 1 aromatic heterocycles. The van der Waals surface area contributed by atoms with Crippen molar-refractivity contribution < 1.29 is 16.8 Å². The molecule has 0 unspecified atom stereocenters. The first-order valence-electron chi connectivity index (χ1n) is 5.92. The zero-order chi connectivity index (χ0) is 15.7. The molecule has 0 spiro atoms. The highest BCUT2D eigenvalue weighted by Crippen LogP contribution is 2.18. The number of H-pyrrole nitrogens is 1. The molecule has 0 saturated heterocycles. The number of imidazole rings is 1. The normalized spacial score (nSPS) is 12.3. The fourth-order valence-electron chi connectivity index (χ4n) is 1.61. The highest BCUT2D eigenvalue weighted by atomic mass is 32.2. The summed E-state index contributed by atoms with van der Waals surface area (Å²) in [6.07, 6.45) is 1.76. The van der Waals surface area contributed by atoms with Gasteiger partial charge in [-0.05, 0) is 18.2 Å². The summed E-state index contributed by atoms with van der Waals surface area (Å²) >= 11 is 0. The molecule has 21 heavy (non-hydrogen) atoms. The average Bonchev–Trinajstić information content (AvgIpc) is 2.87. The van der Waals surface area contributed by atoms with E-state index in [0.29, 0.717) is 12.2 Å². The van der Waals surface area contributed by atoms with Crippen molar-refractivity contribution in [2.45, 2.75) is 23.3 Å². The highest BCUT2D eigenvalue weighted by molar-refractivity contribution is 7.92. The Bertz CT molecular complexity index is 856. The molecular weight excluding hydrogens is 316 g/mol. The number of hydrogen-bond acceptors (Lipinski definition) is 5. The number of primary sulfonamides is 1. The van der Waals surface area contributed by atoms with E-state index in [-0.39, 0.29) is 15.6 Å². The Morgan fingerprint density at radius 2 is 2.00 bits per heavy atom. The molecule has 2 rings (SSSR count). The topological polar surface area (TPSA) is 135 Å². The van der Waals surface area contributed by atoms with E-state index >= 15 is 0 Å². The number of aromatic nitrogens is 2. The highest BCUT2D eigenvalue weighted by Gasteiger charge is 2.18. The third-order valence-corrected chi connectivity index (χ3v) is 4.85. The third-order valence-electron chi connectivity index (χ3n) is 2.64. The average molecular weight is 330 g/mol. The Kier molecular flexibility index (Phi) is 4.03. The predicted octanol–water partition coefficient (Wildman–Crippen LogP) is 0.420. The van der Waals surface area contributed by atoms with Gasteiger partial charge in [0.2, 0.25) is 10.0 Å². The minimum atomic E-state index is -3.90. The van der Waals surface area contributed by atoms with Crippen molar-refractivity contribution in [2.75, 3.05) is 4.72 Å². The van der Waals surface area contributed by atoms with Crippen LogP contribution in [0.15, 0.2) is 40.4 Å². The summed E-state index contributed by atoms with van der Waals surface area (Å²) < 4.78 is 49.0. The molecule has 0 amide bonds. The van der Waals surface area contributed by atoms with Gasteiger partial charge in [-0.15, -0.1) is 0 Å². The van der Waals surface area contributed by atoms with Gasteiger partial charge in [-0.1, -0.05) is 13.0 Å². The Morgan fingerprint density at radius 3 is 2.57 bits per heavy atom. The molecule has 0 aliphatic heterocycles. The molecule has 10 heteroatoms. The summed E-state index contributed by atoms with van der Waals surface area (Å²) in [4.78, 5) is 6.39. The van der Waals surface area contributed by atoms with Crippen molar-refractivity contribution in [3.05, 3.63) is 36.3 Å². The summed E-state index contributed by atoms with van der Waals surface area (Å²) in [5, 5.41) is 4.90. The van der Waals surface area contributed by atoms with Crippen molar-refractivity contribution in [1.29, 1.82) is 0 Å². The molecule has 0 atom stereocenters. The molecule has 0 fully saturated rings. The first-order valence-corrected chi connectivity index (χ1v) is 8.95. The lowest BCUT2D eigenvalue weighted by atomic mass is 10.3. The quantitative estimate of drug-likeness (QED) is 0.730. The zero-order valence-electron chi connectivity index (χ0n) is 11.1. The Labute approximate surface area is 122 Å². The maximum absolute atomic E-state index is 12.1. The second kappa shape index (κ2) is 5.47. The van der Waals surface area contributed by atoms with Gasteiger partial charge >= 0.3 is 0 Å². The van der Waals surface area contributed by atoms with Crippen LogP contribution in [0.25, 0.3) is 0 Å². The summed E-state index contributed by atoms with van der Waals surface area (Å²) in [6, 6.07) is 5.23. The summed E-state index contributed by atoms with van der Waals surface area (Å²) in [6.45, 7) is 1.83. The first kappa shape index (κ1) is 15.5. The minimum absolute atomic E-state index is 0.0918. The van der Waals surface area contributed by atoms with E-state index in [1.165, 1.54) is 24.4 Å². The van der Waals surface area contributed by atoms with E-state index in [4.69, 9.17) is 5.14 Å². The predicted molar refractivity (Wildman–Crippen MR) is 76.6 cm³/mol. The molecule has 0 aliphatic rings. The number of aryl methyl sites for hydroxylation is 1. The van der Waals surface area contributed by atoms with Crippen LogP contribution in [0.5, 0.6) is 0 Å². The second-order valence-corrected chi connectivity index (χ2v) is 7.44. The Morgan fingerprint density at radius 1 is 1.29 bits per heavy atom. The molecular formula is C11H14N4O4S2. The van der Waals surface area contributed by atoms with Gasteiger partial charge in [0.05, 0.1) is 16.8 Å². The molecule has 8 nitrogen and oxygen atoms in total. The number of anilines is 1. The minimum Gasteiger partial charge on any atom is -0.332 e. The number of aromatic amines is 1. The lowest BCUT2D eigenvalue weighted by Gasteiger charge is -2.07. The van der Waals surface area contributed by atoms with Gasteiger partial charge in [0.1, 0.15) is 5.82 Å². The molecule has 0 saturated carbocycles. The van der Waals surface area contributed by atoms with Crippen LogP contribution in [-0.4, -0.2) is 26.8 Å². The van der Waals surface area contributed by atoms with Gasteiger partial charge in [-0.3, -0.25) is 4.72 Å². The molecule has 1 aromatic carbocycles. The monoisotopic (exact) mass is 330 g/mol. The zero-order valence-corrected chi connectivity index (χ0v) is 12.7. The van der Waals surface area contributed by atoms with E-state index in [1.807, 2.05) is 6.92 Å². The third kappa shape index (κ3) is 3.60. The first-order chi connectivity index (χ1) is 9.72. The van der Waals surface area contributed by atoms with Crippen LogP contribution in [0.1, 0.15) is 12.7 Å². The fourth-order valence-corrected chi connectivity index (χ4v) is 3.16. The van der Waals surface area contributed by atoms with Gasteiger partial charge in [0.15, 0.2) is 5.03 Å². The van der Waals surface area contributed by atoms with Gasteiger partial charge in [0.25, 0.3) is 10.0 Å². The molecule has 4 N–H and O–H groups in total. The summed E-state index contributed by atoms with van der Waals surface area (Å²) in [5.74, 6) is 0.536. The lowest BCUT2D eigenvalue weighted by Crippen LogP contribution is -2.15. The van der Waals surface area contributed by atoms with Crippen LogP contribution >= 0.6 is 0 Å². The van der Waals surface area contributed by atoms with Crippen LogP contribution in [0.3, 0.4) is 0 Å². The number of nitrogens with one attached hydrogen (secondary N) is 2. The van der Waals surface area contributed by atoms with Crippen molar-refractivity contribution in [2.24, 2.45) is 5.14 Å². The number of nitrogens with zero attached hydrogens (tertiary/aromatic N) is 1. The maximum atomic E-state index is 12.1. The van der Waals surface area contributed by atoms with Crippen LogP contribution in [0, 0.1) is 0 Å². The van der Waals surface area contributed by atoms with E-state index < -0.39 is 20.0 Å². The van der Waals surface area contributed by atoms with Crippen LogP contribution in [0.4, 0.5) is 5.69 Å².